The van der Waals surface area contributed by atoms with Gasteiger partial charge in [-0.1, -0.05) is 6.07 Å². The second kappa shape index (κ2) is 6.10. The summed E-state index contributed by atoms with van der Waals surface area (Å²) in [5, 5.41) is 28.2. The Kier molecular flexibility index (Phi) is 4.07. The van der Waals surface area contributed by atoms with E-state index in [9.17, 15) is 27.5 Å². The zero-order valence-electron chi connectivity index (χ0n) is 12.6. The zero-order chi connectivity index (χ0) is 19.2. The molecule has 3 aromatic carbocycles. The molecule has 0 atom stereocenters. The lowest BCUT2D eigenvalue weighted by Gasteiger charge is -2.11. The highest BCUT2D eigenvalue weighted by atomic mass is 19.2. The molecule has 0 aliphatic rings. The zero-order valence-corrected chi connectivity index (χ0v) is 12.6. The normalized spacial score (nSPS) is 10.9. The smallest absolute Gasteiger partial charge is 0.339 e. The number of benzene rings is 3. The van der Waals surface area contributed by atoms with Crippen LogP contribution in [0.2, 0.25) is 0 Å². The monoisotopic (exact) mass is 368 g/mol. The number of carbonyl (C=O) groups is 1. The van der Waals surface area contributed by atoms with E-state index >= 15 is 0 Å². The number of phenols is 2. The largest absolute Gasteiger partial charge is 0.507 e. The van der Waals surface area contributed by atoms with Crippen LogP contribution in [0, 0.1) is 23.3 Å². The highest BCUT2D eigenvalue weighted by molar-refractivity contribution is 5.97. The van der Waals surface area contributed by atoms with E-state index in [4.69, 9.17) is 14.9 Å². The number of carboxylic acids is 1. The summed E-state index contributed by atoms with van der Waals surface area (Å²) in [6, 6.07) is 5.91. The van der Waals surface area contributed by atoms with Gasteiger partial charge in [0.05, 0.1) is 0 Å². The van der Waals surface area contributed by atoms with Crippen molar-refractivity contribution in [3.05, 3.63) is 59.2 Å². The number of ether oxygens (including phenoxy) is 1. The molecule has 0 saturated heterocycles. The molecule has 0 aliphatic carbocycles. The van der Waals surface area contributed by atoms with E-state index in [2.05, 4.69) is 0 Å². The molecular weight excluding hydrogens is 360 g/mol. The third kappa shape index (κ3) is 2.73. The third-order valence-corrected chi connectivity index (χ3v) is 3.58. The summed E-state index contributed by atoms with van der Waals surface area (Å²) in [5.74, 6) is -13.2. The Labute approximate surface area is 142 Å². The van der Waals surface area contributed by atoms with Gasteiger partial charge in [0.1, 0.15) is 17.1 Å². The maximum atomic E-state index is 13.7. The highest BCUT2D eigenvalue weighted by Crippen LogP contribution is 2.37. The van der Waals surface area contributed by atoms with Crippen molar-refractivity contribution >= 4 is 16.7 Å². The van der Waals surface area contributed by atoms with Crippen LogP contribution in [0.5, 0.6) is 23.0 Å². The first-order valence-electron chi connectivity index (χ1n) is 6.93. The van der Waals surface area contributed by atoms with Gasteiger partial charge in [0.2, 0.25) is 29.0 Å². The fraction of sp³-hybridized carbons (Fsp3) is 0. The van der Waals surface area contributed by atoms with Crippen LogP contribution in [0.4, 0.5) is 17.6 Å². The predicted octanol–water partition coefficient (Wildman–Crippen LogP) is 4.30. The van der Waals surface area contributed by atoms with E-state index in [1.807, 2.05) is 0 Å². The minimum absolute atomic E-state index is 0.241. The van der Waals surface area contributed by atoms with E-state index in [1.165, 1.54) is 18.2 Å². The first-order valence-corrected chi connectivity index (χ1v) is 6.93. The van der Waals surface area contributed by atoms with Crippen molar-refractivity contribution in [1.29, 1.82) is 0 Å². The average Bonchev–Trinajstić information content (AvgIpc) is 2.61. The van der Waals surface area contributed by atoms with Crippen LogP contribution in [-0.2, 0) is 0 Å². The number of hydrogen-bond acceptors (Lipinski definition) is 4. The summed E-state index contributed by atoms with van der Waals surface area (Å²) < 4.78 is 59.0. The van der Waals surface area contributed by atoms with Gasteiger partial charge >= 0.3 is 5.97 Å². The number of carboxylic acid groups (broad SMARTS) is 1. The Bertz CT molecular complexity index is 1040. The molecule has 9 heteroatoms. The number of hydrogen-bond donors (Lipinski definition) is 3. The van der Waals surface area contributed by atoms with Gasteiger partial charge < -0.3 is 20.1 Å². The molecule has 0 bridgehead atoms. The van der Waals surface area contributed by atoms with Crippen molar-refractivity contribution < 1.29 is 42.4 Å². The van der Waals surface area contributed by atoms with Crippen LogP contribution in [0.15, 0.2) is 30.3 Å². The van der Waals surface area contributed by atoms with Gasteiger partial charge in [-0.25, -0.2) is 4.79 Å². The lowest BCUT2D eigenvalue weighted by Crippen LogP contribution is -2.00. The summed E-state index contributed by atoms with van der Waals surface area (Å²) in [7, 11) is 0. The Morgan fingerprint density at radius 1 is 0.846 bits per heavy atom. The van der Waals surface area contributed by atoms with Crippen molar-refractivity contribution in [2.24, 2.45) is 0 Å². The van der Waals surface area contributed by atoms with Crippen LogP contribution < -0.4 is 4.74 Å². The van der Waals surface area contributed by atoms with Crippen LogP contribution in [-0.4, -0.2) is 21.3 Å². The summed E-state index contributed by atoms with van der Waals surface area (Å²) in [6.45, 7) is 0. The first kappa shape index (κ1) is 17.3. The van der Waals surface area contributed by atoms with Crippen molar-refractivity contribution in [3.8, 4) is 23.0 Å². The molecule has 0 heterocycles. The number of fused-ring (bicyclic) bond motifs is 1. The Hall–Kier alpha value is -3.49. The molecule has 0 aliphatic heterocycles. The van der Waals surface area contributed by atoms with Gasteiger partial charge in [0, 0.05) is 0 Å². The number of aromatic hydroxyl groups is 2. The SMILES string of the molecule is O=C(O)c1cc2ccc(Oc3c(F)c(F)c(O)c(F)c3F)cc2cc1O. The van der Waals surface area contributed by atoms with Crippen molar-refractivity contribution in [2.45, 2.75) is 0 Å². The van der Waals surface area contributed by atoms with Crippen LogP contribution in [0.3, 0.4) is 0 Å². The maximum absolute atomic E-state index is 13.7. The van der Waals surface area contributed by atoms with Crippen LogP contribution >= 0.6 is 0 Å². The first-order chi connectivity index (χ1) is 12.2. The van der Waals surface area contributed by atoms with E-state index in [-0.39, 0.29) is 16.7 Å². The number of halogens is 4. The van der Waals surface area contributed by atoms with Crippen molar-refractivity contribution in [3.63, 3.8) is 0 Å². The van der Waals surface area contributed by atoms with Crippen molar-refractivity contribution in [1.82, 2.24) is 0 Å². The molecule has 3 N–H and O–H groups in total. The second-order valence-electron chi connectivity index (χ2n) is 5.22. The molecule has 26 heavy (non-hydrogen) atoms. The Morgan fingerprint density at radius 3 is 2.04 bits per heavy atom. The van der Waals surface area contributed by atoms with E-state index in [0.29, 0.717) is 5.39 Å². The molecule has 0 unspecified atom stereocenters. The average molecular weight is 368 g/mol. The number of phenolic OH excluding ortho intramolecular Hbond substituents is 1. The number of aromatic carboxylic acids is 1. The standard InChI is InChI=1S/C17H8F4O5/c18-11-13(20)16(14(21)12(19)15(11)23)26-8-2-1-6-4-9(17(24)25)10(22)5-7(6)3-8/h1-5,22-23H,(H,24,25). The van der Waals surface area contributed by atoms with E-state index < -0.39 is 46.5 Å². The third-order valence-electron chi connectivity index (χ3n) is 3.58. The Morgan fingerprint density at radius 2 is 1.46 bits per heavy atom. The minimum Gasteiger partial charge on any atom is -0.507 e. The molecule has 134 valence electrons. The molecule has 0 fully saturated rings. The second-order valence-corrected chi connectivity index (χ2v) is 5.22. The van der Waals surface area contributed by atoms with Gasteiger partial charge in [-0.05, 0) is 35.0 Å². The molecule has 3 rings (SSSR count). The summed E-state index contributed by atoms with van der Waals surface area (Å²) in [6.07, 6.45) is 0. The molecular formula is C17H8F4O5. The van der Waals surface area contributed by atoms with Gasteiger partial charge in [-0.3, -0.25) is 0 Å². The Balaban J connectivity index is 2.08. The molecule has 3 aromatic rings. The topological polar surface area (TPSA) is 87.0 Å². The molecule has 0 spiro atoms. The van der Waals surface area contributed by atoms with Crippen molar-refractivity contribution in [2.75, 3.05) is 0 Å². The maximum Gasteiger partial charge on any atom is 0.339 e. The lowest BCUT2D eigenvalue weighted by atomic mass is 10.1. The summed E-state index contributed by atoms with van der Waals surface area (Å²) in [5.41, 5.74) is -0.356. The molecule has 5 nitrogen and oxygen atoms in total. The fourth-order valence-electron chi connectivity index (χ4n) is 2.31. The molecule has 0 saturated carbocycles. The predicted molar refractivity (Wildman–Crippen MR) is 80.6 cm³/mol. The van der Waals surface area contributed by atoms with Gasteiger partial charge in [-0.15, -0.1) is 0 Å². The summed E-state index contributed by atoms with van der Waals surface area (Å²) in [4.78, 5) is 11.0. The fourth-order valence-corrected chi connectivity index (χ4v) is 2.31. The number of rotatable bonds is 3. The molecule has 0 radical (unpaired) electrons. The van der Waals surface area contributed by atoms with Gasteiger partial charge in [0.15, 0.2) is 5.75 Å². The quantitative estimate of drug-likeness (QED) is 0.474. The van der Waals surface area contributed by atoms with Crippen LogP contribution in [0.1, 0.15) is 10.4 Å². The van der Waals surface area contributed by atoms with Gasteiger partial charge in [0.25, 0.3) is 0 Å². The highest BCUT2D eigenvalue weighted by Gasteiger charge is 2.27. The van der Waals surface area contributed by atoms with E-state index in [0.717, 1.165) is 12.1 Å². The van der Waals surface area contributed by atoms with E-state index in [1.54, 1.807) is 0 Å². The summed E-state index contributed by atoms with van der Waals surface area (Å²) >= 11 is 0. The lowest BCUT2D eigenvalue weighted by molar-refractivity contribution is 0.0694. The molecule has 0 amide bonds. The van der Waals surface area contributed by atoms with Crippen LogP contribution in [0.25, 0.3) is 10.8 Å². The minimum atomic E-state index is -2.01. The molecule has 0 aromatic heterocycles. The van der Waals surface area contributed by atoms with Gasteiger partial charge in [-0.2, -0.15) is 17.6 Å².